The fourth-order valence-electron chi connectivity index (χ4n) is 3.77. The van der Waals surface area contributed by atoms with E-state index in [2.05, 4.69) is 5.32 Å². The second-order valence-electron chi connectivity index (χ2n) is 8.32. The molecule has 0 fully saturated rings. The van der Waals surface area contributed by atoms with E-state index in [1.807, 2.05) is 19.0 Å². The molecule has 1 atom stereocenters. The number of benzene rings is 2. The van der Waals surface area contributed by atoms with Crippen LogP contribution in [0.4, 0.5) is 5.69 Å². The van der Waals surface area contributed by atoms with Crippen LogP contribution in [0.15, 0.2) is 42.3 Å². The molecule has 2 aromatic carbocycles. The summed E-state index contributed by atoms with van der Waals surface area (Å²) < 4.78 is 10.9. The zero-order valence-corrected chi connectivity index (χ0v) is 20.3. The third-order valence-electron chi connectivity index (χ3n) is 5.65. The van der Waals surface area contributed by atoms with Gasteiger partial charge in [0.1, 0.15) is 11.5 Å². The molecule has 1 heterocycles. The standard InChI is InChI=1S/C25H30ClN5O3/c1-31(2)9-8-30-21-12-15(20(13-27)25(29)33-3)4-6-19(21)23(28)24(32)17-10-16-11-18(26)5-7-22(16)34-14-17/h4-7,11-13,17,27-28,30H,8-10,14,29H2,1-3H3/b25-20-,27-13?,28-23?. The van der Waals surface area contributed by atoms with Crippen molar-refractivity contribution in [1.82, 2.24) is 4.90 Å². The van der Waals surface area contributed by atoms with Gasteiger partial charge < -0.3 is 30.8 Å². The van der Waals surface area contributed by atoms with Crippen LogP contribution in [-0.4, -0.2) is 63.5 Å². The fraction of sp³-hybridized carbons (Fsp3) is 0.320. The lowest BCUT2D eigenvalue weighted by Gasteiger charge is -2.25. The van der Waals surface area contributed by atoms with Gasteiger partial charge in [-0.2, -0.15) is 0 Å². The largest absolute Gasteiger partial charge is 0.493 e. The second-order valence-corrected chi connectivity index (χ2v) is 8.76. The Hall–Kier alpha value is -3.36. The van der Waals surface area contributed by atoms with Gasteiger partial charge in [-0.05, 0) is 62.0 Å². The number of nitrogens with two attached hydrogens (primary N) is 1. The predicted molar refractivity (Wildman–Crippen MR) is 136 cm³/mol. The van der Waals surface area contributed by atoms with Gasteiger partial charge in [0.15, 0.2) is 11.7 Å². The Bertz CT molecular complexity index is 1130. The van der Waals surface area contributed by atoms with Crippen LogP contribution in [0.1, 0.15) is 16.7 Å². The van der Waals surface area contributed by atoms with Crippen molar-refractivity contribution >= 4 is 40.6 Å². The molecule has 0 amide bonds. The van der Waals surface area contributed by atoms with Crippen molar-refractivity contribution in [3.63, 3.8) is 0 Å². The number of fused-ring (bicyclic) bond motifs is 1. The number of ether oxygens (including phenoxy) is 2. The van der Waals surface area contributed by atoms with Crippen LogP contribution < -0.4 is 15.8 Å². The minimum absolute atomic E-state index is 0.0990. The molecule has 1 aliphatic heterocycles. The second kappa shape index (κ2) is 11.2. The summed E-state index contributed by atoms with van der Waals surface area (Å²) in [5.74, 6) is 0.0593. The normalized spacial score (nSPS) is 15.6. The lowest BCUT2D eigenvalue weighted by molar-refractivity contribution is -0.117. The minimum Gasteiger partial charge on any atom is -0.493 e. The van der Waals surface area contributed by atoms with E-state index >= 15 is 0 Å². The van der Waals surface area contributed by atoms with Gasteiger partial charge >= 0.3 is 0 Å². The van der Waals surface area contributed by atoms with E-state index in [-0.39, 0.29) is 24.0 Å². The Morgan fingerprint density at radius 1 is 1.32 bits per heavy atom. The average Bonchev–Trinajstić information content (AvgIpc) is 2.82. The van der Waals surface area contributed by atoms with Crippen molar-refractivity contribution in [2.75, 3.05) is 46.2 Å². The number of hydrogen-bond acceptors (Lipinski definition) is 8. The summed E-state index contributed by atoms with van der Waals surface area (Å²) in [5.41, 5.74) is 8.82. The fourth-order valence-corrected chi connectivity index (χ4v) is 3.96. The van der Waals surface area contributed by atoms with Crippen molar-refractivity contribution < 1.29 is 14.3 Å². The number of methoxy groups -OCH3 is 1. The first-order chi connectivity index (χ1) is 16.2. The molecule has 9 heteroatoms. The van der Waals surface area contributed by atoms with Crippen molar-refractivity contribution in [2.24, 2.45) is 11.7 Å². The summed E-state index contributed by atoms with van der Waals surface area (Å²) in [7, 11) is 5.37. The van der Waals surface area contributed by atoms with Gasteiger partial charge in [-0.3, -0.25) is 10.2 Å². The molecule has 5 N–H and O–H groups in total. The maximum Gasteiger partial charge on any atom is 0.193 e. The number of hydrogen-bond donors (Lipinski definition) is 4. The maximum absolute atomic E-state index is 13.3. The van der Waals surface area contributed by atoms with E-state index in [1.54, 1.807) is 36.4 Å². The first kappa shape index (κ1) is 25.3. The zero-order chi connectivity index (χ0) is 24.8. The maximum atomic E-state index is 13.3. The van der Waals surface area contributed by atoms with Gasteiger partial charge in [-0.15, -0.1) is 0 Å². The van der Waals surface area contributed by atoms with Gasteiger partial charge in [0, 0.05) is 35.6 Å². The Labute approximate surface area is 204 Å². The number of rotatable bonds is 10. The highest BCUT2D eigenvalue weighted by Gasteiger charge is 2.30. The van der Waals surface area contributed by atoms with Crippen LogP contribution in [0.3, 0.4) is 0 Å². The number of nitrogens with zero attached hydrogens (tertiary/aromatic N) is 1. The Balaban J connectivity index is 1.90. The lowest BCUT2D eigenvalue weighted by atomic mass is 9.88. The number of ketones is 1. The summed E-state index contributed by atoms with van der Waals surface area (Å²) in [6, 6.07) is 10.6. The van der Waals surface area contributed by atoms with E-state index in [0.29, 0.717) is 40.4 Å². The van der Waals surface area contributed by atoms with Crippen LogP contribution in [0.2, 0.25) is 5.02 Å². The zero-order valence-electron chi connectivity index (χ0n) is 19.6. The molecule has 0 saturated carbocycles. The van der Waals surface area contributed by atoms with E-state index in [9.17, 15) is 4.79 Å². The first-order valence-corrected chi connectivity index (χ1v) is 11.2. The predicted octanol–water partition coefficient (Wildman–Crippen LogP) is 3.43. The monoisotopic (exact) mass is 483 g/mol. The van der Waals surface area contributed by atoms with E-state index < -0.39 is 5.92 Å². The first-order valence-electron chi connectivity index (χ1n) is 10.9. The molecule has 0 aromatic heterocycles. The molecule has 180 valence electrons. The molecular weight excluding hydrogens is 454 g/mol. The molecule has 8 nitrogen and oxygen atoms in total. The number of halogens is 1. The number of carbonyl (C=O) groups is 1. The third kappa shape index (κ3) is 5.76. The number of likely N-dealkylation sites (N-methyl/N-ethyl adjacent to an activating group) is 1. The van der Waals surface area contributed by atoms with Gasteiger partial charge in [-0.1, -0.05) is 17.7 Å². The highest BCUT2D eigenvalue weighted by Crippen LogP contribution is 2.31. The molecule has 0 aliphatic carbocycles. The van der Waals surface area contributed by atoms with Crippen molar-refractivity contribution in [3.8, 4) is 5.75 Å². The quantitative estimate of drug-likeness (QED) is 0.303. The Morgan fingerprint density at radius 2 is 2.09 bits per heavy atom. The van der Waals surface area contributed by atoms with Crippen molar-refractivity contribution in [3.05, 3.63) is 64.0 Å². The van der Waals surface area contributed by atoms with Gasteiger partial charge in [0.05, 0.1) is 25.2 Å². The molecule has 0 saturated heterocycles. The van der Waals surface area contributed by atoms with Crippen LogP contribution in [-0.2, 0) is 16.0 Å². The lowest BCUT2D eigenvalue weighted by Crippen LogP contribution is -2.33. The number of nitrogens with one attached hydrogen (secondary N) is 3. The average molecular weight is 484 g/mol. The SMILES string of the molecule is CO/C(N)=C(/C=N)c1ccc(C(=N)C(=O)C2COc3ccc(Cl)cc3C2)c(NCCN(C)C)c1. The van der Waals surface area contributed by atoms with Gasteiger partial charge in [-0.25, -0.2) is 0 Å². The molecule has 1 aliphatic rings. The summed E-state index contributed by atoms with van der Waals surface area (Å²) in [5, 5.41) is 20.3. The smallest absolute Gasteiger partial charge is 0.193 e. The van der Waals surface area contributed by atoms with Crippen LogP contribution in [0, 0.1) is 16.7 Å². The summed E-state index contributed by atoms with van der Waals surface area (Å²) >= 11 is 6.11. The van der Waals surface area contributed by atoms with E-state index in [4.69, 9.17) is 37.6 Å². The van der Waals surface area contributed by atoms with Crippen molar-refractivity contribution in [1.29, 1.82) is 10.8 Å². The van der Waals surface area contributed by atoms with Crippen molar-refractivity contribution in [2.45, 2.75) is 6.42 Å². The van der Waals surface area contributed by atoms with E-state index in [0.717, 1.165) is 24.1 Å². The molecule has 0 radical (unpaired) electrons. The number of allylic oxidation sites excluding steroid dienone is 1. The Kier molecular flexibility index (Phi) is 8.31. The number of Topliss-reactive ketones (excluding diaryl/α,β-unsaturated/α-hetero) is 1. The van der Waals surface area contributed by atoms with Gasteiger partial charge in [0.25, 0.3) is 0 Å². The van der Waals surface area contributed by atoms with Crippen LogP contribution in [0.5, 0.6) is 5.75 Å². The number of carbonyl (C=O) groups excluding carboxylic acids is 1. The van der Waals surface area contributed by atoms with Gasteiger partial charge in [0.2, 0.25) is 0 Å². The van der Waals surface area contributed by atoms with Crippen LogP contribution in [0.25, 0.3) is 5.57 Å². The summed E-state index contributed by atoms with van der Waals surface area (Å²) in [4.78, 5) is 15.3. The molecule has 2 aromatic rings. The Morgan fingerprint density at radius 3 is 2.76 bits per heavy atom. The molecule has 3 rings (SSSR count). The molecular formula is C25H30ClN5O3. The molecule has 1 unspecified atom stereocenters. The topological polar surface area (TPSA) is 125 Å². The molecule has 0 bridgehead atoms. The van der Waals surface area contributed by atoms with Crippen LogP contribution >= 0.6 is 11.6 Å². The third-order valence-corrected chi connectivity index (χ3v) is 5.89. The summed E-state index contributed by atoms with van der Waals surface area (Å²) in [6.07, 6.45) is 1.58. The number of anilines is 1. The molecule has 34 heavy (non-hydrogen) atoms. The molecule has 0 spiro atoms. The highest BCUT2D eigenvalue weighted by molar-refractivity contribution is 6.46. The summed E-state index contributed by atoms with van der Waals surface area (Å²) in [6.45, 7) is 1.57. The van der Waals surface area contributed by atoms with E-state index in [1.165, 1.54) is 7.11 Å². The minimum atomic E-state index is -0.478. The highest BCUT2D eigenvalue weighted by atomic mass is 35.5.